The van der Waals surface area contributed by atoms with Crippen molar-refractivity contribution in [1.82, 2.24) is 15.1 Å². The molecule has 0 unspecified atom stereocenters. The first-order valence-corrected chi connectivity index (χ1v) is 12.1. The molecule has 2 atom stereocenters. The molecule has 6 nitrogen and oxygen atoms in total. The number of aromatic nitrogens is 2. The van der Waals surface area contributed by atoms with Crippen LogP contribution in [0.15, 0.2) is 18.2 Å². The van der Waals surface area contributed by atoms with Crippen molar-refractivity contribution in [3.05, 3.63) is 34.5 Å². The quantitative estimate of drug-likeness (QED) is 0.489. The Morgan fingerprint density at radius 2 is 2.09 bits per heavy atom. The zero-order valence-electron chi connectivity index (χ0n) is 20.5. The number of nitrogens with one attached hydrogen (secondary N) is 1. The number of nitrogens with zero attached hydrogens (tertiary/aromatic N) is 2. The average molecular weight is 498 g/mol. The highest BCUT2D eigenvalue weighted by molar-refractivity contribution is 6.36. The molecular formula is C25H34ClF2N3O3. The van der Waals surface area contributed by atoms with E-state index in [9.17, 15) is 13.6 Å². The molecule has 1 aromatic carbocycles. The third-order valence-electron chi connectivity index (χ3n) is 5.75. The van der Waals surface area contributed by atoms with Crippen molar-refractivity contribution >= 4 is 17.5 Å². The Morgan fingerprint density at radius 3 is 2.68 bits per heavy atom. The number of hydrogen-bond acceptors (Lipinski definition) is 4. The van der Waals surface area contributed by atoms with E-state index in [-0.39, 0.29) is 28.0 Å². The topological polar surface area (TPSA) is 65.4 Å². The molecule has 9 heteroatoms. The maximum absolute atomic E-state index is 13.3. The van der Waals surface area contributed by atoms with Gasteiger partial charge in [0.15, 0.2) is 5.69 Å². The average Bonchev–Trinajstić information content (AvgIpc) is 3.08. The van der Waals surface area contributed by atoms with Crippen molar-refractivity contribution in [3.63, 3.8) is 0 Å². The lowest BCUT2D eigenvalue weighted by molar-refractivity contribution is -0.0495. The van der Waals surface area contributed by atoms with Gasteiger partial charge in [-0.15, -0.1) is 0 Å². The van der Waals surface area contributed by atoms with Gasteiger partial charge in [0.05, 0.1) is 16.8 Å². The standard InChI is InChI=1S/C25H34ClF2N3O3/c1-6-31-22(18-10-8-16(12-25(3,4)5)11-19(18)34-24(27)28)20(26)21(30-31)23(32)29-13-17-9-7-15(2)14-33-17/h8,10-11,15,17,24H,6-7,9,12-14H2,1-5H3,(H,29,32)/t15-,17+/m0/s1. The summed E-state index contributed by atoms with van der Waals surface area (Å²) < 4.78 is 38.7. The molecule has 1 fully saturated rings. The van der Waals surface area contributed by atoms with Gasteiger partial charge in [-0.25, -0.2) is 0 Å². The molecule has 0 saturated carbocycles. The number of rotatable bonds is 8. The molecule has 1 aliphatic heterocycles. The van der Waals surface area contributed by atoms with Gasteiger partial charge < -0.3 is 14.8 Å². The summed E-state index contributed by atoms with van der Waals surface area (Å²) in [7, 11) is 0. The summed E-state index contributed by atoms with van der Waals surface area (Å²) in [5, 5.41) is 7.32. The molecule has 0 radical (unpaired) electrons. The number of ether oxygens (including phenoxy) is 2. The van der Waals surface area contributed by atoms with Gasteiger partial charge in [0.1, 0.15) is 5.75 Å². The summed E-state index contributed by atoms with van der Waals surface area (Å²) in [5.41, 5.74) is 1.61. The van der Waals surface area contributed by atoms with Crippen LogP contribution in [0.25, 0.3) is 11.3 Å². The van der Waals surface area contributed by atoms with Gasteiger partial charge in [0.25, 0.3) is 5.91 Å². The van der Waals surface area contributed by atoms with Crippen molar-refractivity contribution in [2.45, 2.75) is 73.1 Å². The van der Waals surface area contributed by atoms with Crippen LogP contribution in [0.4, 0.5) is 8.78 Å². The predicted molar refractivity (Wildman–Crippen MR) is 129 cm³/mol. The third kappa shape index (κ3) is 6.69. The summed E-state index contributed by atoms with van der Waals surface area (Å²) >= 11 is 6.61. The first-order chi connectivity index (χ1) is 16.0. The number of carbonyl (C=O) groups is 1. The zero-order chi connectivity index (χ0) is 25.0. The van der Waals surface area contributed by atoms with E-state index in [4.69, 9.17) is 21.1 Å². The lowest BCUT2D eigenvalue weighted by Gasteiger charge is -2.26. The second kappa shape index (κ2) is 11.0. The fourth-order valence-electron chi connectivity index (χ4n) is 4.14. The smallest absolute Gasteiger partial charge is 0.387 e. The van der Waals surface area contributed by atoms with Gasteiger partial charge >= 0.3 is 6.61 Å². The number of hydrogen-bond donors (Lipinski definition) is 1. The lowest BCUT2D eigenvalue weighted by atomic mass is 9.87. The van der Waals surface area contributed by atoms with Gasteiger partial charge in [0.2, 0.25) is 0 Å². The van der Waals surface area contributed by atoms with Crippen molar-refractivity contribution in [3.8, 4) is 17.0 Å². The summed E-state index contributed by atoms with van der Waals surface area (Å²) in [6, 6.07) is 5.17. The number of alkyl halides is 2. The monoisotopic (exact) mass is 497 g/mol. The summed E-state index contributed by atoms with van der Waals surface area (Å²) in [5.74, 6) is 0.0925. The highest BCUT2D eigenvalue weighted by Gasteiger charge is 2.27. The summed E-state index contributed by atoms with van der Waals surface area (Å²) in [4.78, 5) is 12.9. The van der Waals surface area contributed by atoms with Crippen LogP contribution in [-0.4, -0.2) is 41.6 Å². The Kier molecular flexibility index (Phi) is 8.57. The Morgan fingerprint density at radius 1 is 1.35 bits per heavy atom. The van der Waals surface area contributed by atoms with E-state index < -0.39 is 12.5 Å². The first kappa shape index (κ1) is 26.4. The normalized spacial score (nSPS) is 18.9. The predicted octanol–water partition coefficient (Wildman–Crippen LogP) is 5.96. The van der Waals surface area contributed by atoms with E-state index in [0.29, 0.717) is 43.3 Å². The summed E-state index contributed by atoms with van der Waals surface area (Å²) in [6.45, 7) is 8.61. The molecule has 3 rings (SSSR count). The second-order valence-electron chi connectivity index (χ2n) is 10.1. The van der Waals surface area contributed by atoms with Crippen LogP contribution in [0.5, 0.6) is 5.75 Å². The molecule has 1 amide bonds. The molecule has 0 bridgehead atoms. The van der Waals surface area contributed by atoms with Crippen LogP contribution in [0, 0.1) is 11.3 Å². The molecule has 2 aromatic rings. The van der Waals surface area contributed by atoms with Crippen molar-refractivity contribution < 1.29 is 23.0 Å². The number of aryl methyl sites for hydroxylation is 1. The van der Waals surface area contributed by atoms with Gasteiger partial charge in [-0.05, 0) is 55.2 Å². The number of carbonyl (C=O) groups excluding carboxylic acids is 1. The van der Waals surface area contributed by atoms with Crippen LogP contribution in [0.3, 0.4) is 0 Å². The van der Waals surface area contributed by atoms with Crippen LogP contribution in [-0.2, 0) is 17.7 Å². The van der Waals surface area contributed by atoms with Crippen molar-refractivity contribution in [1.29, 1.82) is 0 Å². The Balaban J connectivity index is 1.89. The maximum atomic E-state index is 13.3. The van der Waals surface area contributed by atoms with E-state index in [1.807, 2.05) is 13.0 Å². The molecule has 1 N–H and O–H groups in total. The van der Waals surface area contributed by atoms with Gasteiger partial charge in [-0.1, -0.05) is 45.4 Å². The van der Waals surface area contributed by atoms with E-state index in [2.05, 4.69) is 38.1 Å². The van der Waals surface area contributed by atoms with Crippen LogP contribution in [0.1, 0.15) is 63.5 Å². The third-order valence-corrected chi connectivity index (χ3v) is 6.11. The van der Waals surface area contributed by atoms with E-state index in [1.165, 1.54) is 4.68 Å². The van der Waals surface area contributed by atoms with Gasteiger partial charge in [-0.3, -0.25) is 9.48 Å². The largest absolute Gasteiger partial charge is 0.434 e. The molecule has 1 saturated heterocycles. The molecule has 1 aliphatic rings. The van der Waals surface area contributed by atoms with Gasteiger partial charge in [0, 0.05) is 25.3 Å². The molecule has 0 spiro atoms. The van der Waals surface area contributed by atoms with Crippen LogP contribution in [0.2, 0.25) is 5.02 Å². The molecule has 0 aliphatic carbocycles. The molecular weight excluding hydrogens is 464 g/mol. The molecule has 1 aromatic heterocycles. The molecule has 2 heterocycles. The lowest BCUT2D eigenvalue weighted by Crippen LogP contribution is -2.37. The summed E-state index contributed by atoms with van der Waals surface area (Å²) in [6.07, 6.45) is 2.56. The zero-order valence-corrected chi connectivity index (χ0v) is 21.2. The number of amides is 1. The SMILES string of the molecule is CCn1nc(C(=O)NC[C@H]2CC[C@H](C)CO2)c(Cl)c1-c1ccc(CC(C)(C)C)cc1OC(F)F. The number of halogens is 3. The fourth-order valence-corrected chi connectivity index (χ4v) is 4.46. The van der Waals surface area contributed by atoms with Gasteiger partial charge in [-0.2, -0.15) is 13.9 Å². The minimum Gasteiger partial charge on any atom is -0.434 e. The maximum Gasteiger partial charge on any atom is 0.387 e. The fraction of sp³-hybridized carbons (Fsp3) is 0.600. The Bertz CT molecular complexity index is 996. The highest BCUT2D eigenvalue weighted by atomic mass is 35.5. The minimum atomic E-state index is -3.00. The van der Waals surface area contributed by atoms with Crippen molar-refractivity contribution in [2.24, 2.45) is 11.3 Å². The second-order valence-corrected chi connectivity index (χ2v) is 10.5. The molecule has 34 heavy (non-hydrogen) atoms. The van der Waals surface area contributed by atoms with Crippen molar-refractivity contribution in [2.75, 3.05) is 13.2 Å². The minimum absolute atomic E-state index is 0.00457. The highest BCUT2D eigenvalue weighted by Crippen LogP contribution is 2.39. The van der Waals surface area contributed by atoms with E-state index in [1.54, 1.807) is 12.1 Å². The Hall–Kier alpha value is -2.19. The molecule has 188 valence electrons. The van der Waals surface area contributed by atoms with Crippen LogP contribution >= 0.6 is 11.6 Å². The van der Waals surface area contributed by atoms with Crippen LogP contribution < -0.4 is 10.1 Å². The number of benzene rings is 1. The Labute approximate surface area is 205 Å². The van der Waals surface area contributed by atoms with E-state index >= 15 is 0 Å². The van der Waals surface area contributed by atoms with E-state index in [0.717, 1.165) is 18.4 Å². The first-order valence-electron chi connectivity index (χ1n) is 11.7.